The van der Waals surface area contributed by atoms with Crippen molar-refractivity contribution < 1.29 is 0 Å². The third kappa shape index (κ3) is 12.6. The molecule has 0 aliphatic rings. The van der Waals surface area contributed by atoms with Gasteiger partial charge in [-0.25, -0.2) is 0 Å². The summed E-state index contributed by atoms with van der Waals surface area (Å²) in [5.41, 5.74) is 0. The normalized spacial score (nSPS) is 12.8. The van der Waals surface area contributed by atoms with E-state index in [1.807, 2.05) is 0 Å². The zero-order valence-electron chi connectivity index (χ0n) is 8.22. The standard InChI is InChI=1S/C9H18.CH3N/c1-5-9(4)7-6-8(2)3;1-2/h6-9H,5H2,1-4H3;2H,1H2/b7-6+;. The van der Waals surface area contributed by atoms with Crippen LogP contribution >= 0.6 is 0 Å². The molecule has 1 unspecified atom stereocenters. The Morgan fingerprint density at radius 1 is 1.18 bits per heavy atom. The molecule has 1 heteroatoms. The van der Waals surface area contributed by atoms with Crippen LogP contribution in [0.15, 0.2) is 12.2 Å². The van der Waals surface area contributed by atoms with E-state index < -0.39 is 0 Å². The summed E-state index contributed by atoms with van der Waals surface area (Å²) < 4.78 is 0. The predicted octanol–water partition coefficient (Wildman–Crippen LogP) is 3.51. The summed E-state index contributed by atoms with van der Waals surface area (Å²) >= 11 is 0. The minimum Gasteiger partial charge on any atom is -0.317 e. The molecular formula is C10H21N. The van der Waals surface area contributed by atoms with E-state index in [0.717, 1.165) is 5.92 Å². The highest BCUT2D eigenvalue weighted by molar-refractivity contribution is 5.15. The molecule has 0 aliphatic heterocycles. The van der Waals surface area contributed by atoms with E-state index in [1.165, 1.54) is 6.42 Å². The highest BCUT2D eigenvalue weighted by atomic mass is 14.2. The fraction of sp³-hybridized carbons (Fsp3) is 0.700. The molecule has 0 aromatic heterocycles. The maximum absolute atomic E-state index is 5.50. The van der Waals surface area contributed by atoms with Gasteiger partial charge in [0, 0.05) is 0 Å². The van der Waals surface area contributed by atoms with Gasteiger partial charge in [0.15, 0.2) is 0 Å². The van der Waals surface area contributed by atoms with E-state index in [1.54, 1.807) is 0 Å². The predicted molar refractivity (Wildman–Crippen MR) is 53.3 cm³/mol. The molecule has 1 N–H and O–H groups in total. The molecule has 0 aromatic rings. The molecule has 0 aromatic carbocycles. The summed E-state index contributed by atoms with van der Waals surface area (Å²) in [6.45, 7) is 11.4. The van der Waals surface area contributed by atoms with Crippen molar-refractivity contribution in [1.29, 1.82) is 5.41 Å². The van der Waals surface area contributed by atoms with Gasteiger partial charge in [0.2, 0.25) is 0 Å². The third-order valence-electron chi connectivity index (χ3n) is 1.47. The Kier molecular flexibility index (Phi) is 11.1. The van der Waals surface area contributed by atoms with Gasteiger partial charge in [0.25, 0.3) is 0 Å². The van der Waals surface area contributed by atoms with Crippen molar-refractivity contribution in [3.63, 3.8) is 0 Å². The Bertz CT molecular complexity index is 95.0. The topological polar surface area (TPSA) is 23.9 Å². The lowest BCUT2D eigenvalue weighted by Gasteiger charge is -2.00. The van der Waals surface area contributed by atoms with E-state index in [9.17, 15) is 0 Å². The van der Waals surface area contributed by atoms with Crippen LogP contribution in [-0.2, 0) is 0 Å². The maximum Gasteiger partial charge on any atom is -0.0187 e. The van der Waals surface area contributed by atoms with Crippen molar-refractivity contribution in [2.75, 3.05) is 0 Å². The van der Waals surface area contributed by atoms with Crippen LogP contribution in [0.1, 0.15) is 34.1 Å². The van der Waals surface area contributed by atoms with Crippen LogP contribution in [0.2, 0.25) is 0 Å². The molecule has 66 valence electrons. The van der Waals surface area contributed by atoms with Crippen LogP contribution in [0, 0.1) is 17.2 Å². The minimum atomic E-state index is 0.707. The number of nitrogens with one attached hydrogen (secondary N) is 1. The van der Waals surface area contributed by atoms with Gasteiger partial charge in [-0.1, -0.05) is 46.3 Å². The largest absolute Gasteiger partial charge is 0.317 e. The molecule has 0 spiro atoms. The van der Waals surface area contributed by atoms with Gasteiger partial charge < -0.3 is 5.41 Å². The average Bonchev–Trinajstić information content (AvgIpc) is 2.04. The second kappa shape index (κ2) is 9.41. The molecule has 0 heterocycles. The van der Waals surface area contributed by atoms with Crippen LogP contribution in [0.25, 0.3) is 0 Å². The molecule has 0 saturated heterocycles. The lowest BCUT2D eigenvalue weighted by molar-refractivity contribution is 0.686. The summed E-state index contributed by atoms with van der Waals surface area (Å²) in [7, 11) is 0. The first-order valence-electron chi connectivity index (χ1n) is 4.20. The van der Waals surface area contributed by atoms with Gasteiger partial charge in [0.05, 0.1) is 0 Å². The Morgan fingerprint density at radius 2 is 1.64 bits per heavy atom. The third-order valence-corrected chi connectivity index (χ3v) is 1.47. The highest BCUT2D eigenvalue weighted by Gasteiger charge is 1.90. The summed E-state index contributed by atoms with van der Waals surface area (Å²) in [6, 6.07) is 0. The summed E-state index contributed by atoms with van der Waals surface area (Å²) in [5, 5.41) is 5.50. The SMILES string of the molecule is C=N.CCC(C)/C=C/C(C)C. The van der Waals surface area contributed by atoms with Gasteiger partial charge >= 0.3 is 0 Å². The second-order valence-electron chi connectivity index (χ2n) is 3.01. The second-order valence-corrected chi connectivity index (χ2v) is 3.01. The molecule has 0 bridgehead atoms. The number of allylic oxidation sites excluding steroid dienone is 2. The Balaban J connectivity index is 0. The Hall–Kier alpha value is -0.590. The fourth-order valence-corrected chi connectivity index (χ4v) is 0.548. The van der Waals surface area contributed by atoms with Crippen molar-refractivity contribution in [3.8, 4) is 0 Å². The van der Waals surface area contributed by atoms with Crippen LogP contribution in [-0.4, -0.2) is 6.72 Å². The van der Waals surface area contributed by atoms with Crippen LogP contribution in [0.4, 0.5) is 0 Å². The Morgan fingerprint density at radius 3 is 1.91 bits per heavy atom. The van der Waals surface area contributed by atoms with Gasteiger partial charge in [-0.3, -0.25) is 0 Å². The maximum atomic E-state index is 5.50. The Labute approximate surface area is 71.0 Å². The van der Waals surface area contributed by atoms with Crippen molar-refractivity contribution in [3.05, 3.63) is 12.2 Å². The molecule has 0 aliphatic carbocycles. The first-order valence-corrected chi connectivity index (χ1v) is 4.20. The minimum absolute atomic E-state index is 0.707. The van der Waals surface area contributed by atoms with Crippen molar-refractivity contribution in [2.24, 2.45) is 11.8 Å². The highest BCUT2D eigenvalue weighted by Crippen LogP contribution is 2.04. The molecule has 0 radical (unpaired) electrons. The molecule has 1 atom stereocenters. The molecule has 0 saturated carbocycles. The molecule has 11 heavy (non-hydrogen) atoms. The number of hydrogen-bond acceptors (Lipinski definition) is 1. The van der Waals surface area contributed by atoms with E-state index in [4.69, 9.17) is 5.41 Å². The molecular weight excluding hydrogens is 134 g/mol. The van der Waals surface area contributed by atoms with E-state index in [2.05, 4.69) is 46.6 Å². The van der Waals surface area contributed by atoms with Crippen LogP contribution in [0.3, 0.4) is 0 Å². The van der Waals surface area contributed by atoms with Crippen molar-refractivity contribution in [1.82, 2.24) is 0 Å². The van der Waals surface area contributed by atoms with E-state index in [-0.39, 0.29) is 0 Å². The molecule has 1 nitrogen and oxygen atoms in total. The average molecular weight is 155 g/mol. The summed E-state index contributed by atoms with van der Waals surface area (Å²) in [5.74, 6) is 1.46. The zero-order valence-corrected chi connectivity index (χ0v) is 8.22. The fourth-order valence-electron chi connectivity index (χ4n) is 0.548. The number of hydrogen-bond donors (Lipinski definition) is 1. The summed E-state index contributed by atoms with van der Waals surface area (Å²) in [4.78, 5) is 0. The van der Waals surface area contributed by atoms with Crippen molar-refractivity contribution >= 4 is 6.72 Å². The first-order chi connectivity index (χ1) is 5.16. The van der Waals surface area contributed by atoms with Crippen LogP contribution in [0.5, 0.6) is 0 Å². The van der Waals surface area contributed by atoms with Crippen LogP contribution < -0.4 is 0 Å². The lowest BCUT2D eigenvalue weighted by atomic mass is 10.1. The smallest absolute Gasteiger partial charge is 0.0187 e. The van der Waals surface area contributed by atoms with Gasteiger partial charge in [0.1, 0.15) is 0 Å². The van der Waals surface area contributed by atoms with Gasteiger partial charge in [-0.15, -0.1) is 0 Å². The van der Waals surface area contributed by atoms with Gasteiger partial charge in [-0.2, -0.15) is 0 Å². The quantitative estimate of drug-likeness (QED) is 0.476. The zero-order chi connectivity index (χ0) is 9.28. The number of rotatable bonds is 3. The van der Waals surface area contributed by atoms with E-state index in [0.29, 0.717) is 5.92 Å². The monoisotopic (exact) mass is 155 g/mol. The van der Waals surface area contributed by atoms with Crippen molar-refractivity contribution in [2.45, 2.75) is 34.1 Å². The molecule has 0 rings (SSSR count). The molecule has 0 fully saturated rings. The summed E-state index contributed by atoms with van der Waals surface area (Å²) in [6.07, 6.45) is 5.82. The van der Waals surface area contributed by atoms with E-state index >= 15 is 0 Å². The van der Waals surface area contributed by atoms with Gasteiger partial charge in [-0.05, 0) is 18.6 Å². The lowest BCUT2D eigenvalue weighted by Crippen LogP contribution is -1.86. The first kappa shape index (κ1) is 13.0. The molecule has 0 amide bonds.